The Kier molecular flexibility index (Phi) is 10.2. The molecule has 3 heterocycles. The predicted molar refractivity (Wildman–Crippen MR) is 164 cm³/mol. The van der Waals surface area contributed by atoms with E-state index < -0.39 is 5.91 Å². The lowest BCUT2D eigenvalue weighted by molar-refractivity contribution is -0.118. The van der Waals surface area contributed by atoms with Crippen molar-refractivity contribution in [3.63, 3.8) is 0 Å². The molecule has 1 aromatic carbocycles. The largest absolute Gasteiger partial charge is 1.00 e. The van der Waals surface area contributed by atoms with E-state index >= 15 is 0 Å². The lowest BCUT2D eigenvalue weighted by Crippen LogP contribution is -3.00. The monoisotopic (exact) mass is 671 g/mol. The van der Waals surface area contributed by atoms with Crippen LogP contribution in [0.5, 0.6) is 0 Å². The van der Waals surface area contributed by atoms with Crippen LogP contribution in [0, 0.1) is 0 Å². The summed E-state index contributed by atoms with van der Waals surface area (Å²) in [5, 5.41) is 17.2. The molecule has 0 aliphatic rings. The van der Waals surface area contributed by atoms with Gasteiger partial charge in [0.25, 0.3) is 23.6 Å². The van der Waals surface area contributed by atoms with Crippen LogP contribution in [0.2, 0.25) is 0 Å². The van der Waals surface area contributed by atoms with E-state index in [1.54, 1.807) is 83.6 Å². The fourth-order valence-electron chi connectivity index (χ4n) is 4.36. The highest BCUT2D eigenvalue weighted by Crippen LogP contribution is 2.25. The maximum absolute atomic E-state index is 13.2. The van der Waals surface area contributed by atoms with E-state index in [-0.39, 0.29) is 47.0 Å². The molecule has 0 radical (unpaired) electrons. The summed E-state index contributed by atoms with van der Waals surface area (Å²) in [6.45, 7) is 3.85. The van der Waals surface area contributed by atoms with E-state index in [9.17, 15) is 19.2 Å². The Bertz CT molecular complexity index is 1770. The van der Waals surface area contributed by atoms with Crippen molar-refractivity contribution in [2.24, 2.45) is 26.9 Å². The second kappa shape index (κ2) is 13.4. The summed E-state index contributed by atoms with van der Waals surface area (Å²) in [6, 6.07) is 10.1. The standard InChI is InChI=1S/C28H30BrN9O4.ClH/c1-15(29)25(39)33-17-5-6-20-16(9-17)10-23(38(20)4)28(42)35-19-12-22(37(3)14-19)27(41)34-18-11-21(36(2)13-18)26(40)32-8-7-24(30)31;/h5-6,9-14H,1,7-8H2,2-4H3,(H3,30,31)(H,32,40)(H,33,39)(H,34,41)(H,35,42);1H. The summed E-state index contributed by atoms with van der Waals surface area (Å²) < 4.78 is 5.12. The third-order valence-corrected chi connectivity index (χ3v) is 6.83. The van der Waals surface area contributed by atoms with Crippen molar-refractivity contribution in [3.05, 3.63) is 76.9 Å². The molecule has 3 aromatic heterocycles. The Labute approximate surface area is 261 Å². The molecule has 13 nitrogen and oxygen atoms in total. The van der Waals surface area contributed by atoms with Crippen molar-refractivity contribution in [1.82, 2.24) is 19.0 Å². The molecule has 0 atom stereocenters. The van der Waals surface area contributed by atoms with Crippen LogP contribution >= 0.6 is 15.9 Å². The van der Waals surface area contributed by atoms with E-state index in [0.717, 1.165) is 10.9 Å². The van der Waals surface area contributed by atoms with Gasteiger partial charge in [-0.05, 0) is 52.3 Å². The first-order chi connectivity index (χ1) is 19.8. The number of amides is 4. The van der Waals surface area contributed by atoms with Gasteiger partial charge in [0, 0.05) is 56.7 Å². The molecular weight excluding hydrogens is 642 g/mol. The first-order valence-electron chi connectivity index (χ1n) is 12.7. The van der Waals surface area contributed by atoms with Gasteiger partial charge in [0.15, 0.2) is 0 Å². The molecule has 4 aromatic rings. The number of carbonyl (C=O) groups excluding carboxylic acids is 4. The molecule has 0 unspecified atom stereocenters. The highest BCUT2D eigenvalue weighted by molar-refractivity contribution is 9.12. The summed E-state index contributed by atoms with van der Waals surface area (Å²) in [5.74, 6) is -1.27. The number of hydrogen-bond acceptors (Lipinski definition) is 4. The first kappa shape index (κ1) is 32.7. The average molecular weight is 673 g/mol. The number of rotatable bonds is 10. The normalized spacial score (nSPS) is 10.5. The Morgan fingerprint density at radius 2 is 1.40 bits per heavy atom. The van der Waals surface area contributed by atoms with Gasteiger partial charge in [-0.25, -0.2) is 0 Å². The number of aromatic nitrogens is 3. The van der Waals surface area contributed by atoms with Crippen LogP contribution in [0.15, 0.2) is 59.9 Å². The van der Waals surface area contributed by atoms with Gasteiger partial charge in [-0.3, -0.25) is 30.3 Å². The van der Waals surface area contributed by atoms with E-state index in [4.69, 9.17) is 11.1 Å². The van der Waals surface area contributed by atoms with E-state index in [1.807, 2.05) is 0 Å². The van der Waals surface area contributed by atoms with Crippen LogP contribution in [0.3, 0.4) is 0 Å². The van der Waals surface area contributed by atoms with E-state index in [0.29, 0.717) is 40.6 Å². The fourth-order valence-corrected chi connectivity index (χ4v) is 4.46. The van der Waals surface area contributed by atoms with Crippen LogP contribution in [0.1, 0.15) is 37.9 Å². The number of halogens is 2. The highest BCUT2D eigenvalue weighted by Gasteiger charge is 2.19. The molecule has 0 aliphatic heterocycles. The quantitative estimate of drug-likeness (QED) is 0.0676. The number of nitrogens with two attached hydrogens (primary N) is 2. The number of carbonyl (C=O) groups is 4. The molecular formula is C28H31BrClN9O4. The number of anilines is 3. The molecule has 226 valence electrons. The predicted octanol–water partition coefficient (Wildman–Crippen LogP) is -1.55. The van der Waals surface area contributed by atoms with Crippen molar-refractivity contribution in [3.8, 4) is 0 Å². The van der Waals surface area contributed by atoms with Gasteiger partial charge >= 0.3 is 0 Å². The summed E-state index contributed by atoms with van der Waals surface area (Å²) in [6.07, 6.45) is 3.59. The molecule has 15 heteroatoms. The summed E-state index contributed by atoms with van der Waals surface area (Å²) >= 11 is 3.05. The van der Waals surface area contributed by atoms with Crippen molar-refractivity contribution >= 4 is 73.4 Å². The average Bonchev–Trinajstić information content (AvgIpc) is 3.57. The maximum atomic E-state index is 13.2. The second-order valence-corrected chi connectivity index (χ2v) is 10.6. The summed E-state index contributed by atoms with van der Waals surface area (Å²) in [7, 11) is 5.14. The Balaban J connectivity index is 0.00000506. The molecule has 0 bridgehead atoms. The van der Waals surface area contributed by atoms with Gasteiger partial charge in [-0.15, -0.1) is 0 Å². The maximum Gasteiger partial charge on any atom is 0.272 e. The van der Waals surface area contributed by atoms with Gasteiger partial charge in [-0.1, -0.05) is 6.58 Å². The van der Waals surface area contributed by atoms with Gasteiger partial charge in [0.05, 0.1) is 22.3 Å². The number of aryl methyl sites for hydroxylation is 3. The minimum absolute atomic E-state index is 0. The Hall–Kier alpha value is -4.82. The molecule has 0 spiro atoms. The van der Waals surface area contributed by atoms with Crippen LogP contribution in [-0.2, 0) is 25.9 Å². The van der Waals surface area contributed by atoms with Crippen molar-refractivity contribution in [2.45, 2.75) is 6.42 Å². The summed E-state index contributed by atoms with van der Waals surface area (Å²) in [4.78, 5) is 50.6. The minimum Gasteiger partial charge on any atom is -1.00 e. The van der Waals surface area contributed by atoms with Crippen LogP contribution in [0.4, 0.5) is 17.1 Å². The second-order valence-electron chi connectivity index (χ2n) is 9.66. The van der Waals surface area contributed by atoms with Crippen LogP contribution < -0.4 is 44.8 Å². The van der Waals surface area contributed by atoms with Crippen molar-refractivity contribution in [2.75, 3.05) is 22.5 Å². The summed E-state index contributed by atoms with van der Waals surface area (Å²) in [5.41, 5.74) is 8.65. The first-order valence-corrected chi connectivity index (χ1v) is 13.5. The number of benzene rings is 1. The number of fused-ring (bicyclic) bond motifs is 1. The third-order valence-electron chi connectivity index (χ3n) is 6.47. The topological polar surface area (TPSA) is 183 Å². The zero-order valence-corrected chi connectivity index (χ0v) is 26.0. The van der Waals surface area contributed by atoms with Crippen molar-refractivity contribution < 1.29 is 37.0 Å². The molecule has 8 N–H and O–H groups in total. The smallest absolute Gasteiger partial charge is 0.272 e. The minimum atomic E-state index is -0.425. The lowest BCUT2D eigenvalue weighted by Gasteiger charge is -2.06. The van der Waals surface area contributed by atoms with Gasteiger partial charge in [0.2, 0.25) is 5.84 Å². The van der Waals surface area contributed by atoms with Gasteiger partial charge in [0.1, 0.15) is 17.1 Å². The Morgan fingerprint density at radius 3 is 1.95 bits per heavy atom. The molecule has 0 aliphatic carbocycles. The molecule has 4 amide bonds. The number of hydrogen-bond donors (Lipinski definition) is 6. The number of amidine groups is 1. The zero-order valence-electron chi connectivity index (χ0n) is 23.6. The van der Waals surface area contributed by atoms with Gasteiger partial charge < -0.3 is 47.4 Å². The molecule has 0 saturated carbocycles. The molecule has 4 rings (SSSR count). The highest BCUT2D eigenvalue weighted by atomic mass is 79.9. The lowest BCUT2D eigenvalue weighted by atomic mass is 10.2. The zero-order chi connectivity index (χ0) is 30.7. The van der Waals surface area contributed by atoms with E-state index in [2.05, 4.69) is 43.8 Å². The Morgan fingerprint density at radius 1 is 0.837 bits per heavy atom. The van der Waals surface area contributed by atoms with Crippen LogP contribution in [-0.4, -0.2) is 49.7 Å². The molecule has 0 fully saturated rings. The van der Waals surface area contributed by atoms with Crippen LogP contribution in [0.25, 0.3) is 10.9 Å². The number of nitrogens with zero attached hydrogens (tertiary/aromatic N) is 3. The molecule has 0 saturated heterocycles. The fraction of sp³-hybridized carbons (Fsp3) is 0.179. The number of nitrogens with one attached hydrogen (secondary N) is 4. The van der Waals surface area contributed by atoms with Crippen molar-refractivity contribution in [1.29, 1.82) is 0 Å². The third kappa shape index (κ3) is 7.53. The van der Waals surface area contributed by atoms with Gasteiger partial charge in [-0.2, -0.15) is 0 Å². The molecule has 43 heavy (non-hydrogen) atoms. The SMILES string of the molecule is C=C(Br)C(=O)Nc1ccc2c(c1)cc(C(=O)Nc1cc(C(=O)Nc3cc(C(=O)NCCC(N)=[NH2+])n(C)c3)n(C)c1)n2C.[Cl-]. The van der Waals surface area contributed by atoms with E-state index in [1.165, 1.54) is 0 Å².